The summed E-state index contributed by atoms with van der Waals surface area (Å²) in [7, 11) is 4.00. The van der Waals surface area contributed by atoms with Crippen molar-refractivity contribution in [2.24, 2.45) is 0 Å². The third-order valence-corrected chi connectivity index (χ3v) is 0. The molecule has 0 radical (unpaired) electrons. The van der Waals surface area contributed by atoms with Crippen molar-refractivity contribution in [3.8, 4) is 0 Å². The van der Waals surface area contributed by atoms with Crippen molar-refractivity contribution in [3.63, 3.8) is 0 Å². The Morgan fingerprint density at radius 3 is 1.00 bits per heavy atom. The van der Waals surface area contributed by atoms with E-state index >= 15 is 0 Å². The van der Waals surface area contributed by atoms with E-state index in [0.29, 0.717) is 0 Å². The Labute approximate surface area is 27.2 Å². The predicted molar refractivity (Wildman–Crippen MR) is 22.3 cm³/mol. The largest absolute Gasteiger partial charge is 0.255 e. The monoisotopic (exact) mass is 60.1 g/mol. The van der Waals surface area contributed by atoms with Crippen molar-refractivity contribution in [1.29, 1.82) is 0 Å². The minimum Gasteiger partial charge on any atom is -0.255 e. The number of hydrogen-bond donors (Lipinski definition) is 2. The van der Waals surface area contributed by atoms with Crippen molar-refractivity contribution in [2.45, 2.75) is 0 Å². The lowest BCUT2D eigenvalue weighted by atomic mass is 9.81. The molecule has 2 nitrogen and oxygen atoms in total. The third-order valence-electron chi connectivity index (χ3n) is 0. The molecule has 0 rings (SSSR count). The fourth-order valence-corrected chi connectivity index (χ4v) is 0. The van der Waals surface area contributed by atoms with Gasteiger partial charge in [0, 0.05) is 0 Å². The standard InChI is InChI=1S/B2H4.H2O2/c2*1-2/h1-2H2;1-2H. The second-order valence-electron chi connectivity index (χ2n) is 0. The molecule has 4 heavy (non-hydrogen) atoms. The second-order valence-corrected chi connectivity index (χ2v) is 0. The molecular formula is H6B2O2. The van der Waals surface area contributed by atoms with Crippen LogP contribution >= 0.6 is 0 Å². The summed E-state index contributed by atoms with van der Waals surface area (Å²) in [6.45, 7) is 0. The highest BCUT2D eigenvalue weighted by molar-refractivity contribution is 6.75. The Bertz CT molecular complexity index is 4.00. The molecule has 0 saturated heterocycles. The van der Waals surface area contributed by atoms with Crippen LogP contribution in [0, 0.1) is 0 Å². The molecule has 0 aromatic carbocycles. The molecule has 4 heteroatoms. The van der Waals surface area contributed by atoms with Gasteiger partial charge in [-0.2, -0.15) is 0 Å². The summed E-state index contributed by atoms with van der Waals surface area (Å²) in [4.78, 5) is 0. The van der Waals surface area contributed by atoms with Crippen LogP contribution in [0.3, 0.4) is 0 Å². The average Bonchev–Trinajstić information content (AvgIpc) is 1.50. The summed E-state index contributed by atoms with van der Waals surface area (Å²) < 4.78 is 0. The zero-order chi connectivity index (χ0) is 4.00. The van der Waals surface area contributed by atoms with Gasteiger partial charge in [0.1, 0.15) is 0 Å². The molecule has 0 spiro atoms. The van der Waals surface area contributed by atoms with Crippen LogP contribution in [0.4, 0.5) is 0 Å². The summed E-state index contributed by atoms with van der Waals surface area (Å²) in [6, 6.07) is 0. The van der Waals surface area contributed by atoms with Gasteiger partial charge in [-0.25, -0.2) is 0 Å². The van der Waals surface area contributed by atoms with Crippen LogP contribution in [0.25, 0.3) is 0 Å². The van der Waals surface area contributed by atoms with Crippen molar-refractivity contribution < 1.29 is 10.5 Å². The summed E-state index contributed by atoms with van der Waals surface area (Å²) in [5.41, 5.74) is 0. The first-order valence-electron chi connectivity index (χ1n) is 1.20. The van der Waals surface area contributed by atoms with E-state index in [1.54, 1.807) is 0 Å². The molecule has 0 bridgehead atoms. The minimum absolute atomic E-state index is 2.00. The van der Waals surface area contributed by atoms with Gasteiger partial charge in [0.25, 0.3) is 0 Å². The molecule has 0 aromatic heterocycles. The van der Waals surface area contributed by atoms with Crippen LogP contribution in [0.5, 0.6) is 0 Å². The lowest BCUT2D eigenvalue weighted by Crippen LogP contribution is -1.38. The summed E-state index contributed by atoms with van der Waals surface area (Å²) in [5, 5.41) is 12.0. The van der Waals surface area contributed by atoms with Crippen LogP contribution in [-0.4, -0.2) is 26.0 Å². The first-order chi connectivity index (χ1) is 2.00. The van der Waals surface area contributed by atoms with E-state index in [1.807, 2.05) is 15.5 Å². The first kappa shape index (κ1) is 8.97. The highest BCUT2D eigenvalue weighted by Crippen LogP contribution is 0.711. The van der Waals surface area contributed by atoms with Crippen LogP contribution in [0.2, 0.25) is 0 Å². The van der Waals surface area contributed by atoms with Gasteiger partial charge in [-0.05, 0) is 0 Å². The number of hydrogen-bond acceptors (Lipinski definition) is 2. The van der Waals surface area contributed by atoms with Gasteiger partial charge in [-0.15, -0.1) is 0 Å². The highest BCUT2D eigenvalue weighted by atomic mass is 17.0. The van der Waals surface area contributed by atoms with E-state index in [4.69, 9.17) is 10.5 Å². The maximum Gasteiger partial charge on any atom is 0.0643 e. The second kappa shape index (κ2) is 5150. The minimum atomic E-state index is 2.00. The quantitative estimate of drug-likeness (QED) is 0.196. The Kier molecular flexibility index (Phi) is 11500. The molecule has 0 fully saturated rings. The SMILES string of the molecule is BB.OO. The maximum absolute atomic E-state index is 6.00. The summed E-state index contributed by atoms with van der Waals surface area (Å²) in [6.07, 6.45) is 0. The summed E-state index contributed by atoms with van der Waals surface area (Å²) >= 11 is 0. The Morgan fingerprint density at radius 1 is 1.00 bits per heavy atom. The molecule has 0 aliphatic heterocycles. The van der Waals surface area contributed by atoms with Crippen molar-refractivity contribution in [3.05, 3.63) is 0 Å². The molecule has 0 aliphatic rings. The van der Waals surface area contributed by atoms with E-state index in [0.717, 1.165) is 0 Å². The maximum atomic E-state index is 6.00. The van der Waals surface area contributed by atoms with Gasteiger partial charge in [-0.1, -0.05) is 0 Å². The Balaban J connectivity index is 0. The lowest BCUT2D eigenvalue weighted by molar-refractivity contribution is -0.176. The van der Waals surface area contributed by atoms with Crippen molar-refractivity contribution in [1.82, 2.24) is 0 Å². The zero-order valence-electron chi connectivity index (χ0n) is 2.89. The van der Waals surface area contributed by atoms with E-state index in [1.165, 1.54) is 0 Å². The Morgan fingerprint density at radius 2 is 1.00 bits per heavy atom. The van der Waals surface area contributed by atoms with Crippen LogP contribution in [0.15, 0.2) is 0 Å². The first-order valence-corrected chi connectivity index (χ1v) is 1.20. The van der Waals surface area contributed by atoms with Gasteiger partial charge >= 0.3 is 0 Å². The lowest BCUT2D eigenvalue weighted by Gasteiger charge is -1.25. The molecule has 2 N–H and O–H groups in total. The molecule has 0 saturated carbocycles. The molecule has 0 aliphatic carbocycles. The molecule has 0 heterocycles. The molecule has 0 amide bonds. The third kappa shape index (κ3) is 908. The fraction of sp³-hybridized carbons (Fsp3) is 0. The normalized spacial score (nSPS) is 2.50. The van der Waals surface area contributed by atoms with Crippen LogP contribution < -0.4 is 0 Å². The van der Waals surface area contributed by atoms with E-state index < -0.39 is 0 Å². The van der Waals surface area contributed by atoms with Gasteiger partial charge in [0.15, 0.2) is 0 Å². The zero-order valence-corrected chi connectivity index (χ0v) is 2.89. The van der Waals surface area contributed by atoms with Gasteiger partial charge in [0.2, 0.25) is 0 Å². The van der Waals surface area contributed by atoms with Crippen molar-refractivity contribution >= 4 is 15.5 Å². The molecule has 24 valence electrons. The van der Waals surface area contributed by atoms with Crippen molar-refractivity contribution in [2.75, 3.05) is 0 Å². The van der Waals surface area contributed by atoms with Gasteiger partial charge < -0.3 is 0 Å². The molecule has 0 unspecified atom stereocenters. The topological polar surface area (TPSA) is 40.5 Å². The molecule has 0 aromatic rings. The predicted octanol–water partition coefficient (Wildman–Crippen LogP) is -1.81. The Hall–Kier alpha value is 0.0499. The molecular weight excluding hydrogens is 53.6 g/mol. The van der Waals surface area contributed by atoms with E-state index in [9.17, 15) is 0 Å². The highest BCUT2D eigenvalue weighted by Gasteiger charge is 1.06. The van der Waals surface area contributed by atoms with E-state index in [-0.39, 0.29) is 0 Å². The van der Waals surface area contributed by atoms with Crippen LogP contribution in [0.1, 0.15) is 0 Å². The van der Waals surface area contributed by atoms with Crippen LogP contribution in [-0.2, 0) is 0 Å². The summed E-state index contributed by atoms with van der Waals surface area (Å²) in [5.74, 6) is 0. The smallest absolute Gasteiger partial charge is 0.0643 e. The molecule has 0 atom stereocenters. The van der Waals surface area contributed by atoms with E-state index in [2.05, 4.69) is 0 Å². The number of rotatable bonds is 0. The average molecular weight is 59.7 g/mol. The fourth-order valence-electron chi connectivity index (χ4n) is 0. The van der Waals surface area contributed by atoms with Gasteiger partial charge in [0.05, 0.1) is 15.5 Å². The van der Waals surface area contributed by atoms with Gasteiger partial charge in [-0.3, -0.25) is 10.5 Å².